The maximum absolute atomic E-state index is 5.34. The molecule has 6 heteroatoms. The average Bonchev–Trinajstić information content (AvgIpc) is 2.95. The van der Waals surface area contributed by atoms with E-state index in [4.69, 9.17) is 4.74 Å². The molecule has 0 radical (unpaired) electrons. The number of rotatable bonds is 8. The summed E-state index contributed by atoms with van der Waals surface area (Å²) in [6.45, 7) is 9.92. The van der Waals surface area contributed by atoms with Gasteiger partial charge in [0.25, 0.3) is 0 Å². The lowest BCUT2D eigenvalue weighted by molar-refractivity contribution is 0.149. The summed E-state index contributed by atoms with van der Waals surface area (Å²) in [4.78, 5) is 6.84. The molecule has 2 rings (SSSR count). The summed E-state index contributed by atoms with van der Waals surface area (Å²) in [6.07, 6.45) is 3.24. The zero-order chi connectivity index (χ0) is 14.2. The van der Waals surface area contributed by atoms with Crippen LogP contribution in [-0.2, 0) is 11.2 Å². The SMILES string of the molecule is CCNCC1CCN(c2n[nH]c(CCOCC)n2)CC1. The van der Waals surface area contributed by atoms with Crippen molar-refractivity contribution in [2.75, 3.05) is 44.3 Å². The molecule has 1 aromatic heterocycles. The standard InChI is InChI=1S/C14H27N5O/c1-3-15-11-12-5-8-19(9-6-12)14-16-13(17-18-14)7-10-20-4-2/h12,15H,3-11H2,1-2H3,(H,16,17,18). The molecule has 0 bridgehead atoms. The lowest BCUT2D eigenvalue weighted by atomic mass is 9.97. The van der Waals surface area contributed by atoms with Crippen LogP contribution in [0.15, 0.2) is 0 Å². The fourth-order valence-corrected chi connectivity index (χ4v) is 2.54. The normalized spacial score (nSPS) is 16.8. The van der Waals surface area contributed by atoms with Gasteiger partial charge >= 0.3 is 0 Å². The zero-order valence-corrected chi connectivity index (χ0v) is 12.7. The number of hydrogen-bond donors (Lipinski definition) is 2. The van der Waals surface area contributed by atoms with Crippen LogP contribution in [0.1, 0.15) is 32.5 Å². The Hall–Kier alpha value is -1.14. The van der Waals surface area contributed by atoms with E-state index in [1.807, 2.05) is 6.92 Å². The Morgan fingerprint density at radius 3 is 2.85 bits per heavy atom. The second kappa shape index (κ2) is 8.21. The maximum atomic E-state index is 5.34. The summed E-state index contributed by atoms with van der Waals surface area (Å²) in [5.74, 6) is 2.56. The first-order valence-corrected chi connectivity index (χ1v) is 7.78. The molecular formula is C14H27N5O. The molecule has 0 atom stereocenters. The van der Waals surface area contributed by atoms with E-state index < -0.39 is 0 Å². The number of ether oxygens (including phenoxy) is 1. The van der Waals surface area contributed by atoms with E-state index in [1.54, 1.807) is 0 Å². The van der Waals surface area contributed by atoms with Gasteiger partial charge in [-0.1, -0.05) is 6.92 Å². The molecule has 0 unspecified atom stereocenters. The van der Waals surface area contributed by atoms with Crippen LogP contribution in [0.2, 0.25) is 0 Å². The predicted octanol–water partition coefficient (Wildman–Crippen LogP) is 1.21. The van der Waals surface area contributed by atoms with Crippen molar-refractivity contribution in [3.05, 3.63) is 5.82 Å². The molecule has 2 N–H and O–H groups in total. The van der Waals surface area contributed by atoms with Gasteiger partial charge in [0.1, 0.15) is 5.82 Å². The van der Waals surface area contributed by atoms with E-state index in [9.17, 15) is 0 Å². The van der Waals surface area contributed by atoms with Gasteiger partial charge in [-0.05, 0) is 38.8 Å². The molecule has 114 valence electrons. The summed E-state index contributed by atoms with van der Waals surface area (Å²) < 4.78 is 5.34. The topological polar surface area (TPSA) is 66.1 Å². The number of aromatic amines is 1. The van der Waals surface area contributed by atoms with Crippen molar-refractivity contribution in [1.82, 2.24) is 20.5 Å². The summed E-state index contributed by atoms with van der Waals surface area (Å²) in [5, 5.41) is 10.8. The molecule has 1 aliphatic heterocycles. The quantitative estimate of drug-likeness (QED) is 0.701. The van der Waals surface area contributed by atoms with Crippen molar-refractivity contribution in [2.24, 2.45) is 5.92 Å². The molecule has 2 heterocycles. The lowest BCUT2D eigenvalue weighted by Crippen LogP contribution is -2.37. The van der Waals surface area contributed by atoms with E-state index in [2.05, 4.69) is 32.3 Å². The molecule has 6 nitrogen and oxygen atoms in total. The first-order chi connectivity index (χ1) is 9.83. The molecule has 20 heavy (non-hydrogen) atoms. The van der Waals surface area contributed by atoms with E-state index in [0.29, 0.717) is 6.61 Å². The van der Waals surface area contributed by atoms with Gasteiger partial charge in [-0.2, -0.15) is 4.98 Å². The minimum absolute atomic E-state index is 0.704. The number of nitrogens with zero attached hydrogens (tertiary/aromatic N) is 3. The minimum atomic E-state index is 0.704. The van der Waals surface area contributed by atoms with Crippen molar-refractivity contribution in [2.45, 2.75) is 33.1 Å². The van der Waals surface area contributed by atoms with Gasteiger partial charge in [0.15, 0.2) is 0 Å². The molecule has 1 fully saturated rings. The van der Waals surface area contributed by atoms with Crippen LogP contribution in [0.5, 0.6) is 0 Å². The summed E-state index contributed by atoms with van der Waals surface area (Å²) in [5.41, 5.74) is 0. The number of aromatic nitrogens is 3. The first kappa shape index (κ1) is 15.3. The van der Waals surface area contributed by atoms with Crippen LogP contribution in [0.3, 0.4) is 0 Å². The maximum Gasteiger partial charge on any atom is 0.244 e. The predicted molar refractivity (Wildman–Crippen MR) is 80.1 cm³/mol. The highest BCUT2D eigenvalue weighted by atomic mass is 16.5. The fraction of sp³-hybridized carbons (Fsp3) is 0.857. The van der Waals surface area contributed by atoms with Gasteiger partial charge in [0, 0.05) is 26.1 Å². The Morgan fingerprint density at radius 1 is 1.35 bits per heavy atom. The van der Waals surface area contributed by atoms with Gasteiger partial charge in [-0.25, -0.2) is 0 Å². The summed E-state index contributed by atoms with van der Waals surface area (Å²) in [6, 6.07) is 0. The fourth-order valence-electron chi connectivity index (χ4n) is 2.54. The number of anilines is 1. The summed E-state index contributed by atoms with van der Waals surface area (Å²) >= 11 is 0. The Bertz CT molecular complexity index is 373. The van der Waals surface area contributed by atoms with Crippen LogP contribution >= 0.6 is 0 Å². The Kier molecular flexibility index (Phi) is 6.26. The minimum Gasteiger partial charge on any atom is -0.381 e. The Balaban J connectivity index is 1.75. The average molecular weight is 281 g/mol. The van der Waals surface area contributed by atoms with Crippen molar-refractivity contribution >= 4 is 5.95 Å². The lowest BCUT2D eigenvalue weighted by Gasteiger charge is -2.31. The molecular weight excluding hydrogens is 254 g/mol. The highest BCUT2D eigenvalue weighted by Gasteiger charge is 2.21. The molecule has 0 spiro atoms. The van der Waals surface area contributed by atoms with Crippen LogP contribution in [0.4, 0.5) is 5.95 Å². The first-order valence-electron chi connectivity index (χ1n) is 7.78. The number of piperidine rings is 1. The number of nitrogens with one attached hydrogen (secondary N) is 2. The number of hydrogen-bond acceptors (Lipinski definition) is 5. The van der Waals surface area contributed by atoms with Crippen molar-refractivity contribution in [3.8, 4) is 0 Å². The molecule has 0 aromatic carbocycles. The molecule has 1 saturated heterocycles. The van der Waals surface area contributed by atoms with Gasteiger partial charge in [-0.3, -0.25) is 5.10 Å². The Labute approximate surface area is 121 Å². The smallest absolute Gasteiger partial charge is 0.244 e. The highest BCUT2D eigenvalue weighted by molar-refractivity contribution is 5.29. The Morgan fingerprint density at radius 2 is 2.15 bits per heavy atom. The third kappa shape index (κ3) is 4.45. The van der Waals surface area contributed by atoms with Gasteiger partial charge in [-0.15, -0.1) is 5.10 Å². The van der Waals surface area contributed by atoms with Gasteiger partial charge in [0.05, 0.1) is 6.61 Å². The second-order valence-corrected chi connectivity index (χ2v) is 5.27. The van der Waals surface area contributed by atoms with E-state index in [1.165, 1.54) is 12.8 Å². The monoisotopic (exact) mass is 281 g/mol. The third-order valence-electron chi connectivity index (χ3n) is 3.79. The van der Waals surface area contributed by atoms with Gasteiger partial charge in [0.2, 0.25) is 5.95 Å². The number of H-pyrrole nitrogens is 1. The largest absolute Gasteiger partial charge is 0.381 e. The molecule has 1 aliphatic rings. The van der Waals surface area contributed by atoms with E-state index in [0.717, 1.165) is 56.9 Å². The van der Waals surface area contributed by atoms with Crippen LogP contribution in [0.25, 0.3) is 0 Å². The van der Waals surface area contributed by atoms with Crippen molar-refractivity contribution < 1.29 is 4.74 Å². The van der Waals surface area contributed by atoms with Crippen LogP contribution < -0.4 is 10.2 Å². The van der Waals surface area contributed by atoms with E-state index in [-0.39, 0.29) is 0 Å². The van der Waals surface area contributed by atoms with Crippen molar-refractivity contribution in [3.63, 3.8) is 0 Å². The zero-order valence-electron chi connectivity index (χ0n) is 12.7. The van der Waals surface area contributed by atoms with E-state index >= 15 is 0 Å². The molecule has 0 aliphatic carbocycles. The molecule has 0 amide bonds. The molecule has 0 saturated carbocycles. The third-order valence-corrected chi connectivity index (χ3v) is 3.79. The van der Waals surface area contributed by atoms with Crippen molar-refractivity contribution in [1.29, 1.82) is 0 Å². The van der Waals surface area contributed by atoms with Crippen LogP contribution in [-0.4, -0.2) is 54.6 Å². The highest BCUT2D eigenvalue weighted by Crippen LogP contribution is 2.20. The summed E-state index contributed by atoms with van der Waals surface area (Å²) in [7, 11) is 0. The molecule has 1 aromatic rings. The van der Waals surface area contributed by atoms with Gasteiger partial charge < -0.3 is 15.0 Å². The van der Waals surface area contributed by atoms with Crippen LogP contribution in [0, 0.1) is 5.92 Å². The second-order valence-electron chi connectivity index (χ2n) is 5.27.